The summed E-state index contributed by atoms with van der Waals surface area (Å²) < 4.78 is 0. The summed E-state index contributed by atoms with van der Waals surface area (Å²) in [5.74, 6) is 0.884. The average molecular weight is 226 g/mol. The van der Waals surface area contributed by atoms with Crippen molar-refractivity contribution in [2.45, 2.75) is 58.4 Å². The van der Waals surface area contributed by atoms with Gasteiger partial charge < -0.3 is 10.2 Å². The van der Waals surface area contributed by atoms with Gasteiger partial charge in [0.1, 0.15) is 0 Å². The van der Waals surface area contributed by atoms with Gasteiger partial charge in [0.25, 0.3) is 0 Å². The van der Waals surface area contributed by atoms with Crippen LogP contribution in [0, 0.1) is 5.92 Å². The van der Waals surface area contributed by atoms with Crippen LogP contribution in [-0.4, -0.2) is 37.6 Å². The zero-order chi connectivity index (χ0) is 11.8. The number of likely N-dealkylation sites (tertiary alicyclic amines) is 1. The first kappa shape index (κ1) is 14.0. The highest BCUT2D eigenvalue weighted by molar-refractivity contribution is 4.75. The molecule has 1 atom stereocenters. The van der Waals surface area contributed by atoms with Crippen molar-refractivity contribution in [1.82, 2.24) is 10.2 Å². The van der Waals surface area contributed by atoms with Crippen molar-refractivity contribution >= 4 is 0 Å². The molecule has 1 rings (SSSR count). The standard InChI is InChI=1S/C14H30N2/c1-4-7-14(8-5-2)15-11-13-9-6-10-16(3)12-13/h13-15H,4-12H2,1-3H3. The molecule has 1 unspecified atom stereocenters. The van der Waals surface area contributed by atoms with E-state index in [0.29, 0.717) is 0 Å². The number of rotatable bonds is 7. The van der Waals surface area contributed by atoms with Crippen LogP contribution in [0.4, 0.5) is 0 Å². The van der Waals surface area contributed by atoms with Crippen molar-refractivity contribution in [1.29, 1.82) is 0 Å². The first-order valence-corrected chi connectivity index (χ1v) is 7.18. The first-order chi connectivity index (χ1) is 7.76. The zero-order valence-corrected chi connectivity index (χ0v) is 11.5. The van der Waals surface area contributed by atoms with Crippen molar-refractivity contribution in [2.24, 2.45) is 5.92 Å². The second-order valence-electron chi connectivity index (χ2n) is 5.45. The average Bonchev–Trinajstić information content (AvgIpc) is 2.27. The third-order valence-electron chi connectivity index (χ3n) is 3.69. The Bertz CT molecular complexity index is 159. The van der Waals surface area contributed by atoms with E-state index in [9.17, 15) is 0 Å². The molecule has 96 valence electrons. The minimum atomic E-state index is 0.766. The van der Waals surface area contributed by atoms with Gasteiger partial charge in [0.15, 0.2) is 0 Å². The SMILES string of the molecule is CCCC(CCC)NCC1CCCN(C)C1. The van der Waals surface area contributed by atoms with Crippen LogP contribution < -0.4 is 5.32 Å². The van der Waals surface area contributed by atoms with Crippen molar-refractivity contribution in [2.75, 3.05) is 26.7 Å². The fraction of sp³-hybridized carbons (Fsp3) is 1.00. The summed E-state index contributed by atoms with van der Waals surface area (Å²) in [7, 11) is 2.25. The minimum absolute atomic E-state index is 0.766. The fourth-order valence-electron chi connectivity index (χ4n) is 2.82. The highest BCUT2D eigenvalue weighted by atomic mass is 15.1. The summed E-state index contributed by atoms with van der Waals surface area (Å²) >= 11 is 0. The predicted octanol–water partition coefficient (Wildman–Crippen LogP) is 2.89. The molecule has 1 aliphatic rings. The second kappa shape index (κ2) is 8.08. The monoisotopic (exact) mass is 226 g/mol. The van der Waals surface area contributed by atoms with Gasteiger partial charge in [0.2, 0.25) is 0 Å². The number of piperidine rings is 1. The minimum Gasteiger partial charge on any atom is -0.314 e. The summed E-state index contributed by atoms with van der Waals surface area (Å²) in [6.45, 7) is 8.40. The number of hydrogen-bond donors (Lipinski definition) is 1. The molecular formula is C14H30N2. The largest absolute Gasteiger partial charge is 0.314 e. The summed E-state index contributed by atoms with van der Waals surface area (Å²) in [5, 5.41) is 3.79. The Hall–Kier alpha value is -0.0800. The normalized spacial score (nSPS) is 22.9. The van der Waals surface area contributed by atoms with Crippen LogP contribution >= 0.6 is 0 Å². The molecule has 0 spiro atoms. The van der Waals surface area contributed by atoms with Crippen LogP contribution in [0.25, 0.3) is 0 Å². The molecule has 1 saturated heterocycles. The molecule has 2 nitrogen and oxygen atoms in total. The number of nitrogens with one attached hydrogen (secondary N) is 1. The van der Waals surface area contributed by atoms with Gasteiger partial charge in [-0.05, 0) is 51.7 Å². The van der Waals surface area contributed by atoms with E-state index in [1.165, 1.54) is 58.2 Å². The first-order valence-electron chi connectivity index (χ1n) is 7.18. The van der Waals surface area contributed by atoms with Crippen LogP contribution in [0.3, 0.4) is 0 Å². The molecule has 1 fully saturated rings. The highest BCUT2D eigenvalue weighted by Gasteiger charge is 2.17. The number of hydrogen-bond acceptors (Lipinski definition) is 2. The summed E-state index contributed by atoms with van der Waals surface area (Å²) in [6.07, 6.45) is 8.11. The predicted molar refractivity (Wildman–Crippen MR) is 71.8 cm³/mol. The van der Waals surface area contributed by atoms with Gasteiger partial charge in [-0.1, -0.05) is 26.7 Å². The lowest BCUT2D eigenvalue weighted by atomic mass is 9.97. The van der Waals surface area contributed by atoms with Gasteiger partial charge in [-0.25, -0.2) is 0 Å². The van der Waals surface area contributed by atoms with E-state index >= 15 is 0 Å². The Morgan fingerprint density at radius 2 is 1.94 bits per heavy atom. The number of nitrogens with zero attached hydrogens (tertiary/aromatic N) is 1. The molecule has 1 aliphatic heterocycles. The van der Waals surface area contributed by atoms with E-state index in [1.807, 2.05) is 0 Å². The van der Waals surface area contributed by atoms with Gasteiger partial charge in [-0.3, -0.25) is 0 Å². The van der Waals surface area contributed by atoms with E-state index in [0.717, 1.165) is 12.0 Å². The van der Waals surface area contributed by atoms with Gasteiger partial charge in [-0.15, -0.1) is 0 Å². The second-order valence-corrected chi connectivity index (χ2v) is 5.45. The van der Waals surface area contributed by atoms with E-state index in [-0.39, 0.29) is 0 Å². The lowest BCUT2D eigenvalue weighted by molar-refractivity contribution is 0.201. The lowest BCUT2D eigenvalue weighted by Crippen LogP contribution is -2.40. The summed E-state index contributed by atoms with van der Waals surface area (Å²) in [4.78, 5) is 2.48. The van der Waals surface area contributed by atoms with E-state index in [2.05, 4.69) is 31.1 Å². The molecule has 0 radical (unpaired) electrons. The molecule has 0 aromatic rings. The molecule has 0 amide bonds. The van der Waals surface area contributed by atoms with Crippen LogP contribution in [0.5, 0.6) is 0 Å². The maximum absolute atomic E-state index is 3.79. The zero-order valence-electron chi connectivity index (χ0n) is 11.5. The highest BCUT2D eigenvalue weighted by Crippen LogP contribution is 2.15. The summed E-state index contributed by atoms with van der Waals surface area (Å²) in [6, 6.07) is 0.766. The molecule has 1 heterocycles. The maximum atomic E-state index is 3.79. The van der Waals surface area contributed by atoms with Crippen LogP contribution in [0.15, 0.2) is 0 Å². The van der Waals surface area contributed by atoms with Crippen molar-refractivity contribution < 1.29 is 0 Å². The molecule has 0 bridgehead atoms. The molecule has 0 saturated carbocycles. The van der Waals surface area contributed by atoms with E-state index in [1.54, 1.807) is 0 Å². The van der Waals surface area contributed by atoms with Crippen LogP contribution in [0.1, 0.15) is 52.4 Å². The molecule has 0 aromatic carbocycles. The molecule has 0 aromatic heterocycles. The van der Waals surface area contributed by atoms with Gasteiger partial charge in [0.05, 0.1) is 0 Å². The molecule has 16 heavy (non-hydrogen) atoms. The Balaban J connectivity index is 2.19. The van der Waals surface area contributed by atoms with Gasteiger partial charge >= 0.3 is 0 Å². The quantitative estimate of drug-likeness (QED) is 0.718. The topological polar surface area (TPSA) is 15.3 Å². The molecule has 0 aliphatic carbocycles. The Labute approximate surface area is 102 Å². The van der Waals surface area contributed by atoms with Gasteiger partial charge in [0, 0.05) is 12.6 Å². The Morgan fingerprint density at radius 3 is 2.50 bits per heavy atom. The summed E-state index contributed by atoms with van der Waals surface area (Å²) in [5.41, 5.74) is 0. The smallest absolute Gasteiger partial charge is 0.00669 e. The third-order valence-corrected chi connectivity index (χ3v) is 3.69. The van der Waals surface area contributed by atoms with Crippen molar-refractivity contribution in [3.63, 3.8) is 0 Å². The lowest BCUT2D eigenvalue weighted by Gasteiger charge is -2.31. The molecule has 2 heteroatoms. The third kappa shape index (κ3) is 5.31. The van der Waals surface area contributed by atoms with E-state index < -0.39 is 0 Å². The Morgan fingerprint density at radius 1 is 1.25 bits per heavy atom. The fourth-order valence-corrected chi connectivity index (χ4v) is 2.82. The maximum Gasteiger partial charge on any atom is 0.00669 e. The van der Waals surface area contributed by atoms with Crippen molar-refractivity contribution in [3.8, 4) is 0 Å². The van der Waals surface area contributed by atoms with Gasteiger partial charge in [-0.2, -0.15) is 0 Å². The van der Waals surface area contributed by atoms with E-state index in [4.69, 9.17) is 0 Å². The molecular weight excluding hydrogens is 196 g/mol. The van der Waals surface area contributed by atoms with Crippen LogP contribution in [-0.2, 0) is 0 Å². The van der Waals surface area contributed by atoms with Crippen molar-refractivity contribution in [3.05, 3.63) is 0 Å². The molecule has 1 N–H and O–H groups in total. The van der Waals surface area contributed by atoms with Crippen LogP contribution in [0.2, 0.25) is 0 Å². The Kier molecular flexibility index (Phi) is 7.06.